The highest BCUT2D eigenvalue weighted by Crippen LogP contribution is 2.40. The second-order valence-electron chi connectivity index (χ2n) is 7.06. The number of alkyl halides is 3. The molecule has 1 N–H and O–H groups in total. The summed E-state index contributed by atoms with van der Waals surface area (Å²) in [6, 6.07) is 9.86. The zero-order valence-corrected chi connectivity index (χ0v) is 16.5. The van der Waals surface area contributed by atoms with E-state index in [0.717, 1.165) is 17.7 Å². The van der Waals surface area contributed by atoms with Crippen molar-refractivity contribution in [2.75, 3.05) is 20.2 Å². The van der Waals surface area contributed by atoms with Gasteiger partial charge in [0.1, 0.15) is 5.75 Å². The average molecular weight is 428 g/mol. The first-order chi connectivity index (χ1) is 13.7. The number of benzene rings is 2. The van der Waals surface area contributed by atoms with Crippen LogP contribution in [0.3, 0.4) is 0 Å². The normalized spacial score (nSPS) is 17.1. The van der Waals surface area contributed by atoms with Gasteiger partial charge in [0, 0.05) is 5.02 Å². The predicted octanol–water partition coefficient (Wildman–Crippen LogP) is 5.25. The number of carbonyl (C=O) groups is 1. The molecule has 0 amide bonds. The van der Waals surface area contributed by atoms with E-state index in [0.29, 0.717) is 37.2 Å². The van der Waals surface area contributed by atoms with Crippen molar-refractivity contribution >= 4 is 17.6 Å². The minimum Gasteiger partial charge on any atom is -0.497 e. The number of halogens is 4. The van der Waals surface area contributed by atoms with Crippen LogP contribution in [0.25, 0.3) is 0 Å². The van der Waals surface area contributed by atoms with Crippen LogP contribution < -0.4 is 4.74 Å². The molecule has 4 nitrogen and oxygen atoms in total. The summed E-state index contributed by atoms with van der Waals surface area (Å²) in [4.78, 5) is 13.3. The number of hydrogen-bond acceptors (Lipinski definition) is 3. The maximum Gasteiger partial charge on any atom is 0.416 e. The van der Waals surface area contributed by atoms with Crippen LogP contribution in [0.15, 0.2) is 42.5 Å². The number of carboxylic acids is 1. The van der Waals surface area contributed by atoms with E-state index >= 15 is 0 Å². The number of piperidine rings is 1. The third kappa shape index (κ3) is 4.85. The van der Waals surface area contributed by atoms with Gasteiger partial charge in [0.2, 0.25) is 0 Å². The van der Waals surface area contributed by atoms with E-state index in [9.17, 15) is 23.1 Å². The fourth-order valence-electron chi connectivity index (χ4n) is 3.73. The number of aliphatic carboxylic acids is 1. The molecular weight excluding hydrogens is 407 g/mol. The summed E-state index contributed by atoms with van der Waals surface area (Å²) in [7, 11) is 1.52. The quantitative estimate of drug-likeness (QED) is 0.707. The lowest BCUT2D eigenvalue weighted by atomic mass is 9.90. The summed E-state index contributed by atoms with van der Waals surface area (Å²) in [6.45, 7) is 0.872. The van der Waals surface area contributed by atoms with Crippen LogP contribution in [0.2, 0.25) is 5.02 Å². The SMILES string of the molecule is COc1cccc(C(c2cc(C(F)(F)F)ccc2Cl)N2CCC(C(=O)O)CC2)c1. The molecule has 1 saturated heterocycles. The topological polar surface area (TPSA) is 49.8 Å². The van der Waals surface area contributed by atoms with Gasteiger partial charge in [-0.25, -0.2) is 0 Å². The minimum absolute atomic E-state index is 0.228. The molecule has 0 saturated carbocycles. The van der Waals surface area contributed by atoms with Crippen molar-refractivity contribution in [2.45, 2.75) is 25.1 Å². The van der Waals surface area contributed by atoms with Crippen molar-refractivity contribution in [1.82, 2.24) is 4.90 Å². The molecule has 8 heteroatoms. The highest BCUT2D eigenvalue weighted by Gasteiger charge is 2.35. The summed E-state index contributed by atoms with van der Waals surface area (Å²) in [5, 5.41) is 9.48. The Labute approximate surface area is 171 Å². The first-order valence-electron chi connectivity index (χ1n) is 9.18. The van der Waals surface area contributed by atoms with Crippen LogP contribution in [0.1, 0.15) is 35.6 Å². The number of methoxy groups -OCH3 is 1. The summed E-state index contributed by atoms with van der Waals surface area (Å²) in [5.74, 6) is -0.718. The molecule has 1 fully saturated rings. The lowest BCUT2D eigenvalue weighted by Gasteiger charge is -2.37. The Morgan fingerprint density at radius 2 is 1.90 bits per heavy atom. The van der Waals surface area contributed by atoms with Gasteiger partial charge in [0.15, 0.2) is 0 Å². The molecule has 2 aromatic rings. The molecule has 1 atom stereocenters. The highest BCUT2D eigenvalue weighted by atomic mass is 35.5. The molecule has 1 heterocycles. The average Bonchev–Trinajstić information content (AvgIpc) is 2.69. The van der Waals surface area contributed by atoms with E-state index in [-0.39, 0.29) is 5.02 Å². The standard InChI is InChI=1S/C21H21ClF3NO3/c1-29-16-4-2-3-14(11-16)19(26-9-7-13(8-10-26)20(27)28)17-12-15(21(23,24)25)5-6-18(17)22/h2-6,11-13,19H,7-10H2,1H3,(H,27,28). The summed E-state index contributed by atoms with van der Waals surface area (Å²) >= 11 is 6.34. The molecule has 3 rings (SSSR count). The maximum absolute atomic E-state index is 13.3. The Morgan fingerprint density at radius 1 is 1.21 bits per heavy atom. The smallest absolute Gasteiger partial charge is 0.416 e. The second kappa shape index (κ2) is 8.63. The lowest BCUT2D eigenvalue weighted by molar-refractivity contribution is -0.143. The zero-order valence-electron chi connectivity index (χ0n) is 15.7. The molecular formula is C21H21ClF3NO3. The summed E-state index contributed by atoms with van der Waals surface area (Å²) in [6.07, 6.45) is -3.65. The van der Waals surface area contributed by atoms with Gasteiger partial charge in [-0.3, -0.25) is 9.69 Å². The minimum atomic E-state index is -4.49. The van der Waals surface area contributed by atoms with Crippen molar-refractivity contribution in [3.8, 4) is 5.75 Å². The Morgan fingerprint density at radius 3 is 2.48 bits per heavy atom. The van der Waals surface area contributed by atoms with Crippen molar-refractivity contribution in [3.05, 3.63) is 64.2 Å². The van der Waals surface area contributed by atoms with Gasteiger partial charge in [-0.15, -0.1) is 0 Å². The van der Waals surface area contributed by atoms with E-state index < -0.39 is 29.7 Å². The van der Waals surface area contributed by atoms with Crippen LogP contribution in [-0.4, -0.2) is 36.2 Å². The van der Waals surface area contributed by atoms with Gasteiger partial charge >= 0.3 is 12.1 Å². The molecule has 1 aliphatic rings. The van der Waals surface area contributed by atoms with Gasteiger partial charge in [-0.05, 0) is 67.4 Å². The summed E-state index contributed by atoms with van der Waals surface area (Å²) < 4.78 is 45.2. The number of carboxylic acid groups (broad SMARTS) is 1. The van der Waals surface area contributed by atoms with E-state index in [4.69, 9.17) is 16.3 Å². The van der Waals surface area contributed by atoms with Gasteiger partial charge < -0.3 is 9.84 Å². The molecule has 1 aliphatic heterocycles. The van der Waals surface area contributed by atoms with Crippen LogP contribution in [0.5, 0.6) is 5.75 Å². The van der Waals surface area contributed by atoms with E-state index in [2.05, 4.69) is 0 Å². The Kier molecular flexibility index (Phi) is 6.39. The van der Waals surface area contributed by atoms with Crippen LogP contribution in [0.4, 0.5) is 13.2 Å². The number of hydrogen-bond donors (Lipinski definition) is 1. The number of rotatable bonds is 5. The van der Waals surface area contributed by atoms with Crippen LogP contribution in [0, 0.1) is 5.92 Å². The first-order valence-corrected chi connectivity index (χ1v) is 9.56. The largest absolute Gasteiger partial charge is 0.497 e. The number of likely N-dealkylation sites (tertiary alicyclic amines) is 1. The van der Waals surface area contributed by atoms with Gasteiger partial charge in [0.05, 0.1) is 24.6 Å². The van der Waals surface area contributed by atoms with E-state index in [1.807, 2.05) is 11.0 Å². The zero-order chi connectivity index (χ0) is 21.2. The molecule has 1 unspecified atom stereocenters. The van der Waals surface area contributed by atoms with Gasteiger partial charge in [-0.1, -0.05) is 23.7 Å². The monoisotopic (exact) mass is 427 g/mol. The molecule has 2 aromatic carbocycles. The van der Waals surface area contributed by atoms with Gasteiger partial charge in [-0.2, -0.15) is 13.2 Å². The third-order valence-corrected chi connectivity index (χ3v) is 5.62. The van der Waals surface area contributed by atoms with Crippen LogP contribution in [-0.2, 0) is 11.0 Å². The Hall–Kier alpha value is -2.25. The second-order valence-corrected chi connectivity index (χ2v) is 7.47. The van der Waals surface area contributed by atoms with Crippen molar-refractivity contribution in [2.24, 2.45) is 5.92 Å². The fourth-order valence-corrected chi connectivity index (χ4v) is 3.95. The Bertz CT molecular complexity index is 880. The third-order valence-electron chi connectivity index (χ3n) is 5.27. The first kappa shape index (κ1) is 21.5. The molecule has 0 radical (unpaired) electrons. The number of nitrogens with zero attached hydrogens (tertiary/aromatic N) is 1. The maximum atomic E-state index is 13.3. The van der Waals surface area contributed by atoms with Crippen molar-refractivity contribution in [3.63, 3.8) is 0 Å². The van der Waals surface area contributed by atoms with Gasteiger partial charge in [0.25, 0.3) is 0 Å². The van der Waals surface area contributed by atoms with Crippen LogP contribution >= 0.6 is 11.6 Å². The van der Waals surface area contributed by atoms with Crippen molar-refractivity contribution in [1.29, 1.82) is 0 Å². The van der Waals surface area contributed by atoms with Crippen molar-refractivity contribution < 1.29 is 27.8 Å². The molecule has 0 aliphatic carbocycles. The molecule has 0 aromatic heterocycles. The fraction of sp³-hybridized carbons (Fsp3) is 0.381. The van der Waals surface area contributed by atoms with E-state index in [1.54, 1.807) is 18.2 Å². The molecule has 0 bridgehead atoms. The highest BCUT2D eigenvalue weighted by molar-refractivity contribution is 6.31. The Balaban J connectivity index is 2.05. The predicted molar refractivity (Wildman–Crippen MR) is 103 cm³/mol. The van der Waals surface area contributed by atoms with E-state index in [1.165, 1.54) is 13.2 Å². The summed E-state index contributed by atoms with van der Waals surface area (Å²) in [5.41, 5.74) is 0.299. The number of ether oxygens (including phenoxy) is 1. The molecule has 0 spiro atoms. The molecule has 29 heavy (non-hydrogen) atoms. The molecule has 156 valence electrons. The lowest BCUT2D eigenvalue weighted by Crippen LogP contribution is -2.39.